The Morgan fingerprint density at radius 2 is 1.97 bits per heavy atom. The SMILES string of the molecule is CS(C)(C)CCOCn1ccc2c(C(O)C3CCCN(Cc4ccccc4)C3)ncnc21. The van der Waals surface area contributed by atoms with Crippen molar-refractivity contribution in [3.05, 3.63) is 60.2 Å². The quantitative estimate of drug-likeness (QED) is 0.492. The molecule has 1 aliphatic rings. The van der Waals surface area contributed by atoms with Crippen molar-refractivity contribution in [3.63, 3.8) is 0 Å². The molecule has 1 N–H and O–H groups in total. The van der Waals surface area contributed by atoms with Crippen LogP contribution in [-0.4, -0.2) is 68.8 Å². The zero-order chi connectivity index (χ0) is 22.6. The summed E-state index contributed by atoms with van der Waals surface area (Å²) in [5, 5.41) is 12.2. The first-order valence-corrected chi connectivity index (χ1v) is 14.4. The maximum Gasteiger partial charge on any atom is 0.145 e. The van der Waals surface area contributed by atoms with Crippen molar-refractivity contribution >= 4 is 21.1 Å². The lowest BCUT2D eigenvalue weighted by Crippen LogP contribution is -2.37. The highest BCUT2D eigenvalue weighted by Gasteiger charge is 2.29. The average Bonchev–Trinajstić information content (AvgIpc) is 3.20. The van der Waals surface area contributed by atoms with Crippen molar-refractivity contribution in [2.45, 2.75) is 32.2 Å². The maximum atomic E-state index is 11.3. The summed E-state index contributed by atoms with van der Waals surface area (Å²) in [6.07, 6.45) is 12.0. The van der Waals surface area contributed by atoms with E-state index in [9.17, 15) is 5.11 Å². The Morgan fingerprint density at radius 1 is 1.16 bits per heavy atom. The summed E-state index contributed by atoms with van der Waals surface area (Å²) >= 11 is 0. The highest BCUT2D eigenvalue weighted by Crippen LogP contribution is 2.34. The van der Waals surface area contributed by atoms with Gasteiger partial charge in [0.1, 0.15) is 24.8 Å². The second-order valence-corrected chi connectivity index (χ2v) is 14.3. The molecule has 3 heterocycles. The standard InChI is InChI=1S/C25H36N4O2S/c1-32(2,3)15-14-31-19-29-13-11-22-23(26-18-27-25(22)29)24(30)21-10-7-12-28(17-21)16-20-8-5-4-6-9-20/h4-6,8-9,11,13,18,21,24,30H,7,10,12,14-17,19H2,1-3H3. The van der Waals surface area contributed by atoms with Gasteiger partial charge >= 0.3 is 0 Å². The first-order valence-electron chi connectivity index (χ1n) is 11.4. The van der Waals surface area contributed by atoms with Crippen LogP contribution in [0.5, 0.6) is 0 Å². The number of benzene rings is 1. The molecule has 32 heavy (non-hydrogen) atoms. The molecule has 174 valence electrons. The normalized spacial score (nSPS) is 19.3. The predicted molar refractivity (Wildman–Crippen MR) is 133 cm³/mol. The van der Waals surface area contributed by atoms with Gasteiger partial charge in [-0.3, -0.25) is 4.90 Å². The summed E-state index contributed by atoms with van der Waals surface area (Å²) in [7, 11) is -0.560. The lowest BCUT2D eigenvalue weighted by molar-refractivity contribution is 0.0458. The van der Waals surface area contributed by atoms with E-state index in [0.29, 0.717) is 6.73 Å². The Balaban J connectivity index is 1.43. The molecule has 6 nitrogen and oxygen atoms in total. The monoisotopic (exact) mass is 456 g/mol. The summed E-state index contributed by atoms with van der Waals surface area (Å²) in [5.74, 6) is 1.26. The molecule has 1 fully saturated rings. The minimum Gasteiger partial charge on any atom is -0.386 e. The highest BCUT2D eigenvalue weighted by atomic mass is 32.3. The number of hydrogen-bond donors (Lipinski definition) is 1. The van der Waals surface area contributed by atoms with Gasteiger partial charge in [0.05, 0.1) is 12.3 Å². The smallest absolute Gasteiger partial charge is 0.145 e. The van der Waals surface area contributed by atoms with Crippen LogP contribution in [0.2, 0.25) is 0 Å². The molecule has 2 unspecified atom stereocenters. The van der Waals surface area contributed by atoms with Gasteiger partial charge in [-0.05, 0) is 49.8 Å². The lowest BCUT2D eigenvalue weighted by atomic mass is 9.89. The second kappa shape index (κ2) is 10.3. The molecule has 0 saturated carbocycles. The number of rotatable bonds is 9. The minimum atomic E-state index is -0.597. The molecular weight excluding hydrogens is 420 g/mol. The largest absolute Gasteiger partial charge is 0.386 e. The Kier molecular flexibility index (Phi) is 7.51. The van der Waals surface area contributed by atoms with Gasteiger partial charge in [0.2, 0.25) is 0 Å². The summed E-state index contributed by atoms with van der Waals surface area (Å²) in [6.45, 7) is 4.09. The Labute approximate surface area is 192 Å². The van der Waals surface area contributed by atoms with Crippen LogP contribution in [0.3, 0.4) is 0 Å². The fraction of sp³-hybridized carbons (Fsp3) is 0.520. The molecule has 4 rings (SSSR count). The van der Waals surface area contributed by atoms with Crippen LogP contribution < -0.4 is 0 Å². The van der Waals surface area contributed by atoms with Crippen LogP contribution >= 0.6 is 10.0 Å². The van der Waals surface area contributed by atoms with Gasteiger partial charge in [-0.1, -0.05) is 30.3 Å². The van der Waals surface area contributed by atoms with E-state index in [1.807, 2.05) is 16.8 Å². The van der Waals surface area contributed by atoms with Crippen LogP contribution in [0.1, 0.15) is 30.2 Å². The van der Waals surface area contributed by atoms with Crippen LogP contribution in [0.15, 0.2) is 48.9 Å². The van der Waals surface area contributed by atoms with E-state index in [4.69, 9.17) is 4.74 Å². The number of nitrogens with zero attached hydrogens (tertiary/aromatic N) is 4. The second-order valence-electron chi connectivity index (χ2n) is 9.68. The van der Waals surface area contributed by atoms with Gasteiger partial charge in [0.25, 0.3) is 0 Å². The van der Waals surface area contributed by atoms with Gasteiger partial charge in [-0.2, -0.15) is 0 Å². The molecule has 1 aliphatic heterocycles. The van der Waals surface area contributed by atoms with Crippen molar-refractivity contribution in [2.24, 2.45) is 5.92 Å². The van der Waals surface area contributed by atoms with Gasteiger partial charge in [-0.25, -0.2) is 20.0 Å². The maximum absolute atomic E-state index is 11.3. The molecule has 1 aromatic carbocycles. The van der Waals surface area contributed by atoms with E-state index in [1.165, 1.54) is 5.56 Å². The predicted octanol–water partition coefficient (Wildman–Crippen LogP) is 4.05. The number of aromatic nitrogens is 3. The van der Waals surface area contributed by atoms with Crippen molar-refractivity contribution in [2.75, 3.05) is 44.2 Å². The van der Waals surface area contributed by atoms with Crippen molar-refractivity contribution in [1.82, 2.24) is 19.4 Å². The molecule has 0 radical (unpaired) electrons. The minimum absolute atomic E-state index is 0.167. The third-order valence-electron chi connectivity index (χ3n) is 6.17. The van der Waals surface area contributed by atoms with Crippen molar-refractivity contribution < 1.29 is 9.84 Å². The van der Waals surface area contributed by atoms with Crippen LogP contribution in [0, 0.1) is 5.92 Å². The van der Waals surface area contributed by atoms with E-state index in [0.717, 1.165) is 61.6 Å². The Hall–Kier alpha value is -1.93. The molecule has 2 atom stereocenters. The van der Waals surface area contributed by atoms with Crippen LogP contribution in [-0.2, 0) is 18.0 Å². The topological polar surface area (TPSA) is 63.4 Å². The lowest BCUT2D eigenvalue weighted by Gasteiger charge is -2.35. The summed E-state index contributed by atoms with van der Waals surface area (Å²) in [6, 6.07) is 12.6. The zero-order valence-corrected chi connectivity index (χ0v) is 20.3. The van der Waals surface area contributed by atoms with E-state index >= 15 is 0 Å². The fourth-order valence-corrected chi connectivity index (χ4v) is 5.01. The average molecular weight is 457 g/mol. The van der Waals surface area contributed by atoms with Gasteiger partial charge in [-0.15, -0.1) is 0 Å². The van der Waals surface area contributed by atoms with Crippen LogP contribution in [0.25, 0.3) is 11.0 Å². The fourth-order valence-electron chi connectivity index (χ4n) is 4.39. The Bertz CT molecular complexity index is 1000. The number of ether oxygens (including phenoxy) is 1. The molecular formula is C25H36N4O2S. The summed E-state index contributed by atoms with van der Waals surface area (Å²) < 4.78 is 7.91. The number of hydrogen-bond acceptors (Lipinski definition) is 5. The number of fused-ring (bicyclic) bond motifs is 1. The third kappa shape index (κ3) is 5.90. The van der Waals surface area contributed by atoms with Gasteiger partial charge < -0.3 is 14.4 Å². The number of piperidine rings is 1. The van der Waals surface area contributed by atoms with Crippen LogP contribution in [0.4, 0.5) is 0 Å². The number of aliphatic hydroxyl groups excluding tert-OH is 1. The molecule has 1 saturated heterocycles. The molecule has 7 heteroatoms. The van der Waals surface area contributed by atoms with Crippen molar-refractivity contribution in [3.8, 4) is 0 Å². The van der Waals surface area contributed by atoms with E-state index in [1.54, 1.807) is 6.33 Å². The molecule has 0 bridgehead atoms. The van der Waals surface area contributed by atoms with E-state index < -0.39 is 16.1 Å². The summed E-state index contributed by atoms with van der Waals surface area (Å²) in [5.41, 5.74) is 2.88. The first-order chi connectivity index (χ1) is 15.4. The van der Waals surface area contributed by atoms with Gasteiger partial charge in [0, 0.05) is 36.3 Å². The molecule has 0 amide bonds. The highest BCUT2D eigenvalue weighted by molar-refractivity contribution is 8.32. The molecule has 0 aliphatic carbocycles. The van der Waals surface area contributed by atoms with E-state index in [2.05, 4.69) is 64.0 Å². The van der Waals surface area contributed by atoms with Crippen molar-refractivity contribution in [1.29, 1.82) is 0 Å². The first kappa shape index (κ1) is 23.2. The zero-order valence-electron chi connectivity index (χ0n) is 19.5. The molecule has 3 aromatic rings. The Morgan fingerprint density at radius 3 is 2.75 bits per heavy atom. The third-order valence-corrected chi connectivity index (χ3v) is 7.57. The number of likely N-dealkylation sites (tertiary alicyclic amines) is 1. The molecule has 0 spiro atoms. The summed E-state index contributed by atoms with van der Waals surface area (Å²) in [4.78, 5) is 11.4. The molecule has 2 aromatic heterocycles. The van der Waals surface area contributed by atoms with Gasteiger partial charge in [0.15, 0.2) is 0 Å². The van der Waals surface area contributed by atoms with E-state index in [-0.39, 0.29) is 5.92 Å². The number of aliphatic hydroxyl groups is 1.